The van der Waals surface area contributed by atoms with Crippen molar-refractivity contribution >= 4 is 12.1 Å². The molecule has 0 spiro atoms. The highest BCUT2D eigenvalue weighted by Crippen LogP contribution is 2.03. The zero-order valence-corrected chi connectivity index (χ0v) is 9.08. The molecule has 0 aromatic heterocycles. The molecule has 0 unspecified atom stereocenters. The zero-order valence-electron chi connectivity index (χ0n) is 9.08. The lowest BCUT2D eigenvalue weighted by Crippen LogP contribution is -2.33. The molecule has 3 nitrogen and oxygen atoms in total. The second kappa shape index (κ2) is 6.63. The first-order valence-electron chi connectivity index (χ1n) is 4.75. The number of carbonyl (C=O) groups excluding carboxylic acids is 1. The molecule has 0 fully saturated rings. The van der Waals surface area contributed by atoms with Gasteiger partial charge in [-0.1, -0.05) is 0 Å². The van der Waals surface area contributed by atoms with Crippen LogP contribution in [0.4, 0.5) is 0 Å². The Balaban J connectivity index is 3.96. The van der Waals surface area contributed by atoms with E-state index in [4.69, 9.17) is 0 Å². The number of nitrogens with zero attached hydrogens (tertiary/aromatic N) is 2. The number of amidine groups is 1. The third-order valence-electron chi connectivity index (χ3n) is 2.16. The molecule has 0 aliphatic heterocycles. The van der Waals surface area contributed by atoms with Crippen LogP contribution in [-0.2, 0) is 4.79 Å². The van der Waals surface area contributed by atoms with E-state index < -0.39 is 0 Å². The van der Waals surface area contributed by atoms with Crippen LogP contribution in [0.1, 0.15) is 33.1 Å². The molecule has 3 heteroatoms. The smallest absolute Gasteiger partial charge is 0.120 e. The van der Waals surface area contributed by atoms with Gasteiger partial charge in [0.15, 0.2) is 0 Å². The fourth-order valence-electron chi connectivity index (χ4n) is 1.09. The SMILES string of the molecule is CN=C(CCCC=O)N(C)C(C)C. The van der Waals surface area contributed by atoms with Crippen LogP contribution in [0.2, 0.25) is 0 Å². The molecule has 0 heterocycles. The quantitative estimate of drug-likeness (QED) is 0.282. The summed E-state index contributed by atoms with van der Waals surface area (Å²) in [6.45, 7) is 4.26. The second-order valence-electron chi connectivity index (χ2n) is 3.40. The van der Waals surface area contributed by atoms with Gasteiger partial charge < -0.3 is 9.69 Å². The summed E-state index contributed by atoms with van der Waals surface area (Å²) >= 11 is 0. The number of rotatable bonds is 5. The summed E-state index contributed by atoms with van der Waals surface area (Å²) in [6.07, 6.45) is 3.38. The van der Waals surface area contributed by atoms with E-state index in [9.17, 15) is 4.79 Å². The van der Waals surface area contributed by atoms with Gasteiger partial charge in [-0.2, -0.15) is 0 Å². The Kier molecular flexibility index (Phi) is 6.20. The van der Waals surface area contributed by atoms with Crippen LogP contribution in [-0.4, -0.2) is 37.2 Å². The molecule has 0 N–H and O–H groups in total. The van der Waals surface area contributed by atoms with Crippen LogP contribution in [0.15, 0.2) is 4.99 Å². The number of unbranched alkanes of at least 4 members (excludes halogenated alkanes) is 1. The van der Waals surface area contributed by atoms with Crippen LogP contribution in [0.3, 0.4) is 0 Å². The normalized spacial score (nSPS) is 11.9. The van der Waals surface area contributed by atoms with E-state index in [1.807, 2.05) is 7.05 Å². The van der Waals surface area contributed by atoms with Gasteiger partial charge in [-0.05, 0) is 20.3 Å². The summed E-state index contributed by atoms with van der Waals surface area (Å²) in [5.74, 6) is 1.08. The Labute approximate surface area is 80.8 Å². The van der Waals surface area contributed by atoms with Crippen LogP contribution in [0.5, 0.6) is 0 Å². The topological polar surface area (TPSA) is 32.7 Å². The molecular weight excluding hydrogens is 164 g/mol. The monoisotopic (exact) mass is 184 g/mol. The van der Waals surface area contributed by atoms with E-state index in [-0.39, 0.29) is 0 Å². The molecule has 0 aromatic carbocycles. The summed E-state index contributed by atoms with van der Waals surface area (Å²) in [4.78, 5) is 16.5. The first-order valence-corrected chi connectivity index (χ1v) is 4.75. The highest BCUT2D eigenvalue weighted by molar-refractivity contribution is 5.82. The number of hydrogen-bond acceptors (Lipinski definition) is 2. The van der Waals surface area contributed by atoms with Crippen LogP contribution >= 0.6 is 0 Å². The van der Waals surface area contributed by atoms with Gasteiger partial charge in [0, 0.05) is 33.0 Å². The minimum atomic E-state index is 0.468. The molecule has 0 atom stereocenters. The van der Waals surface area contributed by atoms with Crippen molar-refractivity contribution in [3.8, 4) is 0 Å². The zero-order chi connectivity index (χ0) is 10.3. The first kappa shape index (κ1) is 12.1. The lowest BCUT2D eigenvalue weighted by Gasteiger charge is -2.25. The van der Waals surface area contributed by atoms with Crippen molar-refractivity contribution in [3.63, 3.8) is 0 Å². The number of aldehydes is 1. The highest BCUT2D eigenvalue weighted by Gasteiger charge is 2.07. The second-order valence-corrected chi connectivity index (χ2v) is 3.40. The van der Waals surface area contributed by atoms with E-state index in [1.165, 1.54) is 0 Å². The summed E-state index contributed by atoms with van der Waals surface area (Å²) in [6, 6.07) is 0.468. The molecule has 0 aliphatic carbocycles. The minimum absolute atomic E-state index is 0.468. The maximum absolute atomic E-state index is 10.1. The predicted octanol–water partition coefficient (Wildman–Crippen LogP) is 1.72. The molecule has 0 saturated heterocycles. The fraction of sp³-hybridized carbons (Fsp3) is 0.800. The van der Waals surface area contributed by atoms with E-state index in [0.717, 1.165) is 25.0 Å². The predicted molar refractivity (Wildman–Crippen MR) is 56.2 cm³/mol. The van der Waals surface area contributed by atoms with E-state index in [2.05, 4.69) is 23.7 Å². The molecule has 0 amide bonds. The molecule has 0 radical (unpaired) electrons. The Bertz CT molecular complexity index is 176. The van der Waals surface area contributed by atoms with E-state index in [1.54, 1.807) is 7.05 Å². The lowest BCUT2D eigenvalue weighted by atomic mass is 10.2. The van der Waals surface area contributed by atoms with Crippen molar-refractivity contribution < 1.29 is 4.79 Å². The average molecular weight is 184 g/mol. The van der Waals surface area contributed by atoms with Crippen LogP contribution < -0.4 is 0 Å². The van der Waals surface area contributed by atoms with Gasteiger partial charge in [-0.3, -0.25) is 4.99 Å². The maximum Gasteiger partial charge on any atom is 0.120 e. The number of hydrogen-bond donors (Lipinski definition) is 0. The summed E-state index contributed by atoms with van der Waals surface area (Å²) in [5, 5.41) is 0. The average Bonchev–Trinajstić information content (AvgIpc) is 2.11. The first-order chi connectivity index (χ1) is 6.13. The Morgan fingerprint density at radius 3 is 2.54 bits per heavy atom. The van der Waals surface area contributed by atoms with Crippen LogP contribution in [0, 0.1) is 0 Å². The van der Waals surface area contributed by atoms with Gasteiger partial charge in [-0.25, -0.2) is 0 Å². The van der Waals surface area contributed by atoms with Gasteiger partial charge in [0.2, 0.25) is 0 Å². The van der Waals surface area contributed by atoms with Gasteiger partial charge >= 0.3 is 0 Å². The Hall–Kier alpha value is -0.860. The van der Waals surface area contributed by atoms with Crippen molar-refractivity contribution in [1.29, 1.82) is 0 Å². The van der Waals surface area contributed by atoms with Crippen molar-refractivity contribution in [2.75, 3.05) is 14.1 Å². The molecule has 0 aromatic rings. The number of aliphatic imine (C=N–C) groups is 1. The molecule has 0 rings (SSSR count). The molecular formula is C10H20N2O. The maximum atomic E-state index is 10.1. The molecule has 0 saturated carbocycles. The Morgan fingerprint density at radius 2 is 2.15 bits per heavy atom. The molecule has 13 heavy (non-hydrogen) atoms. The third-order valence-corrected chi connectivity index (χ3v) is 2.16. The van der Waals surface area contributed by atoms with Gasteiger partial charge in [0.1, 0.15) is 6.29 Å². The third kappa shape index (κ3) is 4.65. The largest absolute Gasteiger partial charge is 0.361 e. The summed E-state index contributed by atoms with van der Waals surface area (Å²) in [5.41, 5.74) is 0. The fourth-order valence-corrected chi connectivity index (χ4v) is 1.09. The van der Waals surface area contributed by atoms with Gasteiger partial charge in [0.25, 0.3) is 0 Å². The molecule has 76 valence electrons. The summed E-state index contributed by atoms with van der Waals surface area (Å²) in [7, 11) is 3.84. The number of carbonyl (C=O) groups is 1. The van der Waals surface area contributed by atoms with E-state index in [0.29, 0.717) is 12.5 Å². The van der Waals surface area contributed by atoms with E-state index >= 15 is 0 Å². The molecule has 0 aliphatic rings. The van der Waals surface area contributed by atoms with Gasteiger partial charge in [-0.15, -0.1) is 0 Å². The van der Waals surface area contributed by atoms with Crippen molar-refractivity contribution in [3.05, 3.63) is 0 Å². The standard InChI is InChI=1S/C10H20N2O/c1-9(2)12(4)10(11-3)7-5-6-8-13/h8-9H,5-7H2,1-4H3. The van der Waals surface area contributed by atoms with Gasteiger partial charge in [0.05, 0.1) is 5.84 Å². The van der Waals surface area contributed by atoms with Crippen molar-refractivity contribution in [2.24, 2.45) is 4.99 Å². The van der Waals surface area contributed by atoms with Crippen molar-refractivity contribution in [2.45, 2.75) is 39.2 Å². The minimum Gasteiger partial charge on any atom is -0.361 e. The molecule has 0 bridgehead atoms. The highest BCUT2D eigenvalue weighted by atomic mass is 16.1. The summed E-state index contributed by atoms with van der Waals surface area (Å²) < 4.78 is 0. The lowest BCUT2D eigenvalue weighted by molar-refractivity contribution is -0.107. The van der Waals surface area contributed by atoms with Crippen molar-refractivity contribution in [1.82, 2.24) is 4.90 Å². The van der Waals surface area contributed by atoms with Crippen LogP contribution in [0.25, 0.3) is 0 Å². The Morgan fingerprint density at radius 1 is 1.54 bits per heavy atom.